The first-order chi connectivity index (χ1) is 14.6. The van der Waals surface area contributed by atoms with Crippen LogP contribution in [0.3, 0.4) is 0 Å². The zero-order chi connectivity index (χ0) is 21.9. The minimum atomic E-state index is -0.299. The van der Waals surface area contributed by atoms with Crippen molar-refractivity contribution in [1.29, 1.82) is 0 Å². The van der Waals surface area contributed by atoms with E-state index in [2.05, 4.69) is 5.32 Å². The molecule has 2 aromatic rings. The first-order valence-electron chi connectivity index (χ1n) is 10.3. The number of benzene rings is 2. The van der Waals surface area contributed by atoms with Crippen molar-refractivity contribution in [1.82, 2.24) is 0 Å². The number of carbonyl (C=O) groups is 1. The first-order valence-corrected chi connectivity index (χ1v) is 10.3. The van der Waals surface area contributed by atoms with Gasteiger partial charge in [0.05, 0.1) is 33.0 Å². The molecule has 7 heteroatoms. The molecule has 0 heterocycles. The van der Waals surface area contributed by atoms with E-state index in [1.807, 2.05) is 34.6 Å². The molecule has 1 N–H and O–H groups in total. The molecular weight excluding hydrogens is 386 g/mol. The minimum Gasteiger partial charge on any atom is -0.490 e. The van der Waals surface area contributed by atoms with Crippen LogP contribution in [0.25, 0.3) is 0 Å². The van der Waals surface area contributed by atoms with Gasteiger partial charge in [0.25, 0.3) is 5.91 Å². The maximum absolute atomic E-state index is 12.9. The summed E-state index contributed by atoms with van der Waals surface area (Å²) < 4.78 is 28.3. The Bertz CT molecular complexity index is 809. The van der Waals surface area contributed by atoms with Crippen molar-refractivity contribution in [2.24, 2.45) is 0 Å². The van der Waals surface area contributed by atoms with Crippen LogP contribution in [0.15, 0.2) is 30.3 Å². The second-order valence-electron chi connectivity index (χ2n) is 6.08. The summed E-state index contributed by atoms with van der Waals surface area (Å²) >= 11 is 0. The largest absolute Gasteiger partial charge is 0.490 e. The highest BCUT2D eigenvalue weighted by Gasteiger charge is 2.19. The van der Waals surface area contributed by atoms with Crippen molar-refractivity contribution >= 4 is 11.6 Å². The Morgan fingerprint density at radius 2 is 1.17 bits per heavy atom. The van der Waals surface area contributed by atoms with Crippen LogP contribution in [0, 0.1) is 0 Å². The van der Waals surface area contributed by atoms with Crippen LogP contribution in [0.2, 0.25) is 0 Å². The van der Waals surface area contributed by atoms with E-state index in [-0.39, 0.29) is 5.91 Å². The quantitative estimate of drug-likeness (QED) is 0.528. The molecule has 0 radical (unpaired) electrons. The molecule has 0 aliphatic heterocycles. The molecule has 0 saturated carbocycles. The lowest BCUT2D eigenvalue weighted by molar-refractivity contribution is 0.102. The average molecular weight is 418 g/mol. The van der Waals surface area contributed by atoms with E-state index in [0.29, 0.717) is 73.0 Å². The molecule has 2 aromatic carbocycles. The second kappa shape index (κ2) is 11.8. The molecule has 0 spiro atoms. The van der Waals surface area contributed by atoms with Gasteiger partial charge in [-0.25, -0.2) is 0 Å². The van der Waals surface area contributed by atoms with Gasteiger partial charge in [0.1, 0.15) is 0 Å². The minimum absolute atomic E-state index is 0.299. The molecule has 0 saturated heterocycles. The Morgan fingerprint density at radius 3 is 1.70 bits per heavy atom. The molecule has 0 aromatic heterocycles. The van der Waals surface area contributed by atoms with E-state index < -0.39 is 0 Å². The molecule has 2 rings (SSSR count). The van der Waals surface area contributed by atoms with Crippen molar-refractivity contribution in [3.05, 3.63) is 35.9 Å². The summed E-state index contributed by atoms with van der Waals surface area (Å²) in [5.74, 6) is 2.35. The van der Waals surface area contributed by atoms with Crippen LogP contribution < -0.4 is 29.0 Å². The lowest BCUT2D eigenvalue weighted by Gasteiger charge is -2.17. The fourth-order valence-corrected chi connectivity index (χ4v) is 2.85. The summed E-state index contributed by atoms with van der Waals surface area (Å²) in [5, 5.41) is 2.89. The molecule has 0 fully saturated rings. The molecule has 0 aliphatic rings. The number of ether oxygens (including phenoxy) is 5. The Balaban J connectivity index is 2.34. The third kappa shape index (κ3) is 5.95. The van der Waals surface area contributed by atoms with Gasteiger partial charge < -0.3 is 29.0 Å². The molecule has 1 amide bonds. The second-order valence-corrected chi connectivity index (χ2v) is 6.08. The summed E-state index contributed by atoms with van der Waals surface area (Å²) in [7, 11) is 0. The highest BCUT2D eigenvalue weighted by atomic mass is 16.5. The van der Waals surface area contributed by atoms with Gasteiger partial charge in [-0.3, -0.25) is 4.79 Å². The zero-order valence-corrected chi connectivity index (χ0v) is 18.4. The topological polar surface area (TPSA) is 75.3 Å². The predicted octanol–water partition coefficient (Wildman–Crippen LogP) is 4.93. The zero-order valence-electron chi connectivity index (χ0n) is 18.4. The lowest BCUT2D eigenvalue weighted by atomic mass is 10.1. The monoisotopic (exact) mass is 417 g/mol. The van der Waals surface area contributed by atoms with Crippen molar-refractivity contribution in [3.8, 4) is 28.7 Å². The number of anilines is 1. The summed E-state index contributed by atoms with van der Waals surface area (Å²) in [6.45, 7) is 11.8. The maximum Gasteiger partial charge on any atom is 0.255 e. The van der Waals surface area contributed by atoms with Gasteiger partial charge in [0.15, 0.2) is 23.0 Å². The maximum atomic E-state index is 12.9. The van der Waals surface area contributed by atoms with E-state index in [9.17, 15) is 4.79 Å². The number of rotatable bonds is 12. The van der Waals surface area contributed by atoms with Crippen LogP contribution in [0.1, 0.15) is 45.0 Å². The number of amides is 1. The van der Waals surface area contributed by atoms with Gasteiger partial charge in [-0.1, -0.05) is 0 Å². The standard InChI is InChI=1S/C23H31NO6/c1-6-26-18-12-11-17(15-19(18)27-7-2)24-23(25)16-13-20(28-8-3)22(30-10-5)21(14-16)29-9-4/h11-15H,6-10H2,1-5H3,(H,24,25). The van der Waals surface area contributed by atoms with Crippen LogP contribution >= 0.6 is 0 Å². The molecule has 0 bridgehead atoms. The molecule has 164 valence electrons. The molecular formula is C23H31NO6. The normalized spacial score (nSPS) is 10.3. The Kier molecular flexibility index (Phi) is 9.12. The van der Waals surface area contributed by atoms with E-state index in [1.54, 1.807) is 30.3 Å². The number of carbonyl (C=O) groups excluding carboxylic acids is 1. The van der Waals surface area contributed by atoms with Crippen LogP contribution in [-0.4, -0.2) is 38.9 Å². The highest BCUT2D eigenvalue weighted by molar-refractivity contribution is 6.05. The fourth-order valence-electron chi connectivity index (χ4n) is 2.85. The summed E-state index contributed by atoms with van der Waals surface area (Å²) in [6, 6.07) is 8.61. The van der Waals surface area contributed by atoms with Gasteiger partial charge in [0.2, 0.25) is 5.75 Å². The summed E-state index contributed by atoms with van der Waals surface area (Å²) in [6.07, 6.45) is 0. The van der Waals surface area contributed by atoms with Crippen molar-refractivity contribution in [2.75, 3.05) is 38.4 Å². The molecule has 0 atom stereocenters. The number of hydrogen-bond acceptors (Lipinski definition) is 6. The lowest BCUT2D eigenvalue weighted by Crippen LogP contribution is -2.13. The third-order valence-electron chi connectivity index (χ3n) is 3.97. The van der Waals surface area contributed by atoms with E-state index in [4.69, 9.17) is 23.7 Å². The van der Waals surface area contributed by atoms with Crippen LogP contribution in [0.4, 0.5) is 5.69 Å². The molecule has 0 unspecified atom stereocenters. The van der Waals surface area contributed by atoms with Crippen molar-refractivity contribution in [3.63, 3.8) is 0 Å². The molecule has 30 heavy (non-hydrogen) atoms. The van der Waals surface area contributed by atoms with Crippen molar-refractivity contribution < 1.29 is 28.5 Å². The van der Waals surface area contributed by atoms with Gasteiger partial charge in [-0.05, 0) is 58.9 Å². The predicted molar refractivity (Wildman–Crippen MR) is 117 cm³/mol. The van der Waals surface area contributed by atoms with Crippen LogP contribution in [-0.2, 0) is 0 Å². The Morgan fingerprint density at radius 1 is 0.667 bits per heavy atom. The average Bonchev–Trinajstić information content (AvgIpc) is 2.72. The SMILES string of the molecule is CCOc1ccc(NC(=O)c2cc(OCC)c(OCC)c(OCC)c2)cc1OCC. The van der Waals surface area contributed by atoms with Crippen molar-refractivity contribution in [2.45, 2.75) is 34.6 Å². The number of hydrogen-bond donors (Lipinski definition) is 1. The first kappa shape index (κ1) is 23.2. The Labute approximate surface area is 178 Å². The van der Waals surface area contributed by atoms with E-state index in [1.165, 1.54) is 0 Å². The molecule has 7 nitrogen and oxygen atoms in total. The summed E-state index contributed by atoms with van der Waals surface area (Å²) in [4.78, 5) is 12.9. The van der Waals surface area contributed by atoms with Gasteiger partial charge >= 0.3 is 0 Å². The molecule has 0 aliphatic carbocycles. The van der Waals surface area contributed by atoms with Crippen LogP contribution in [0.5, 0.6) is 28.7 Å². The number of nitrogens with one attached hydrogen (secondary N) is 1. The van der Waals surface area contributed by atoms with E-state index >= 15 is 0 Å². The van der Waals surface area contributed by atoms with Gasteiger partial charge in [-0.15, -0.1) is 0 Å². The summed E-state index contributed by atoms with van der Waals surface area (Å²) in [5.41, 5.74) is 0.994. The highest BCUT2D eigenvalue weighted by Crippen LogP contribution is 2.39. The fraction of sp³-hybridized carbons (Fsp3) is 0.435. The van der Waals surface area contributed by atoms with E-state index in [0.717, 1.165) is 0 Å². The van der Waals surface area contributed by atoms with Gasteiger partial charge in [0, 0.05) is 17.3 Å². The van der Waals surface area contributed by atoms with Gasteiger partial charge in [-0.2, -0.15) is 0 Å². The smallest absolute Gasteiger partial charge is 0.255 e. The Hall–Kier alpha value is -3.09. The third-order valence-corrected chi connectivity index (χ3v) is 3.97.